The van der Waals surface area contributed by atoms with E-state index in [0.29, 0.717) is 6.04 Å². The number of aromatic nitrogens is 1. The standard InChI is InChI=1S/C15H25N3OS/c1-9-6-5-7-13(8-9)18-15(19)17-11(3)14-10(2)16-12(4)20-14/h9,11,13H,5-8H2,1-4H3,(H2,17,18,19)/t9-,11+,13+/m1/s1. The molecule has 3 atom stereocenters. The fourth-order valence-corrected chi connectivity index (χ4v) is 3.93. The van der Waals surface area contributed by atoms with Gasteiger partial charge in [-0.15, -0.1) is 11.3 Å². The smallest absolute Gasteiger partial charge is 0.315 e. The maximum absolute atomic E-state index is 12.1. The van der Waals surface area contributed by atoms with Crippen molar-refractivity contribution in [3.63, 3.8) is 0 Å². The van der Waals surface area contributed by atoms with Gasteiger partial charge in [0.05, 0.1) is 16.7 Å². The number of aryl methyl sites for hydroxylation is 2. The number of nitrogens with one attached hydrogen (secondary N) is 2. The lowest BCUT2D eigenvalue weighted by Gasteiger charge is -2.28. The molecule has 1 aliphatic carbocycles. The van der Waals surface area contributed by atoms with Gasteiger partial charge >= 0.3 is 6.03 Å². The summed E-state index contributed by atoms with van der Waals surface area (Å²) >= 11 is 1.66. The summed E-state index contributed by atoms with van der Waals surface area (Å²) in [6, 6.07) is 0.291. The summed E-state index contributed by atoms with van der Waals surface area (Å²) in [7, 11) is 0. The average Bonchev–Trinajstić information content (AvgIpc) is 2.68. The third kappa shape index (κ3) is 3.95. The number of urea groups is 1. The normalized spacial score (nSPS) is 24.2. The Hall–Kier alpha value is -1.10. The van der Waals surface area contributed by atoms with Crippen LogP contribution in [0.3, 0.4) is 0 Å². The van der Waals surface area contributed by atoms with Crippen LogP contribution in [0.5, 0.6) is 0 Å². The lowest BCUT2D eigenvalue weighted by Crippen LogP contribution is -2.44. The van der Waals surface area contributed by atoms with Crippen LogP contribution in [0.4, 0.5) is 4.79 Å². The van der Waals surface area contributed by atoms with Gasteiger partial charge in [-0.1, -0.05) is 19.8 Å². The number of hydrogen-bond acceptors (Lipinski definition) is 3. The molecular formula is C15H25N3OS. The van der Waals surface area contributed by atoms with Crippen LogP contribution in [-0.4, -0.2) is 17.1 Å². The Morgan fingerprint density at radius 1 is 1.40 bits per heavy atom. The topological polar surface area (TPSA) is 54.0 Å². The van der Waals surface area contributed by atoms with E-state index in [0.717, 1.165) is 34.3 Å². The van der Waals surface area contributed by atoms with E-state index in [9.17, 15) is 4.79 Å². The van der Waals surface area contributed by atoms with Crippen molar-refractivity contribution in [3.8, 4) is 0 Å². The van der Waals surface area contributed by atoms with Crippen LogP contribution < -0.4 is 10.6 Å². The first-order chi connectivity index (χ1) is 9.45. The van der Waals surface area contributed by atoms with Gasteiger partial charge in [0.2, 0.25) is 0 Å². The van der Waals surface area contributed by atoms with Gasteiger partial charge in [0.1, 0.15) is 0 Å². The van der Waals surface area contributed by atoms with E-state index in [-0.39, 0.29) is 12.1 Å². The zero-order valence-electron chi connectivity index (χ0n) is 12.8. The molecule has 0 bridgehead atoms. The summed E-state index contributed by atoms with van der Waals surface area (Å²) in [6.45, 7) is 8.27. The summed E-state index contributed by atoms with van der Waals surface area (Å²) in [5.74, 6) is 0.720. The molecule has 1 aliphatic rings. The number of carbonyl (C=O) groups is 1. The highest BCUT2D eigenvalue weighted by Gasteiger charge is 2.21. The van der Waals surface area contributed by atoms with Crippen molar-refractivity contribution < 1.29 is 4.79 Å². The molecule has 1 aromatic heterocycles. The Morgan fingerprint density at radius 2 is 2.15 bits per heavy atom. The van der Waals surface area contributed by atoms with Crippen molar-refractivity contribution in [2.24, 2.45) is 5.92 Å². The summed E-state index contributed by atoms with van der Waals surface area (Å²) in [5.41, 5.74) is 1.02. The average molecular weight is 295 g/mol. The quantitative estimate of drug-likeness (QED) is 0.893. The summed E-state index contributed by atoms with van der Waals surface area (Å²) < 4.78 is 0. The highest BCUT2D eigenvalue weighted by atomic mass is 32.1. The summed E-state index contributed by atoms with van der Waals surface area (Å²) in [6.07, 6.45) is 4.70. The first-order valence-electron chi connectivity index (χ1n) is 7.46. The van der Waals surface area contributed by atoms with Crippen LogP contribution in [-0.2, 0) is 0 Å². The van der Waals surface area contributed by atoms with Crippen LogP contribution in [0.25, 0.3) is 0 Å². The molecule has 1 fully saturated rings. The Labute approximate surface area is 125 Å². The number of carbonyl (C=O) groups excluding carboxylic acids is 1. The molecule has 5 heteroatoms. The molecule has 0 aliphatic heterocycles. The molecule has 1 aromatic rings. The van der Waals surface area contributed by atoms with Crippen molar-refractivity contribution >= 4 is 17.4 Å². The van der Waals surface area contributed by atoms with Gasteiger partial charge in [0.25, 0.3) is 0 Å². The van der Waals surface area contributed by atoms with E-state index >= 15 is 0 Å². The Morgan fingerprint density at radius 3 is 2.75 bits per heavy atom. The Kier molecular flexibility index (Phi) is 5.02. The van der Waals surface area contributed by atoms with Crippen molar-refractivity contribution in [2.45, 2.75) is 65.5 Å². The van der Waals surface area contributed by atoms with Crippen LogP contribution in [0, 0.1) is 19.8 Å². The Bertz CT molecular complexity index is 472. The zero-order valence-corrected chi connectivity index (χ0v) is 13.6. The molecule has 1 heterocycles. The molecule has 0 unspecified atom stereocenters. The highest BCUT2D eigenvalue weighted by Crippen LogP contribution is 2.25. The van der Waals surface area contributed by atoms with Crippen molar-refractivity contribution in [2.75, 3.05) is 0 Å². The molecule has 2 N–H and O–H groups in total. The van der Waals surface area contributed by atoms with Gasteiger partial charge in [0, 0.05) is 10.9 Å². The second-order valence-electron chi connectivity index (χ2n) is 5.99. The number of nitrogens with zero attached hydrogens (tertiary/aromatic N) is 1. The monoisotopic (exact) mass is 295 g/mol. The largest absolute Gasteiger partial charge is 0.335 e. The third-order valence-corrected chi connectivity index (χ3v) is 5.21. The minimum absolute atomic E-state index is 0.0159. The van der Waals surface area contributed by atoms with Crippen LogP contribution in [0.2, 0.25) is 0 Å². The maximum atomic E-state index is 12.1. The first kappa shape index (κ1) is 15.3. The van der Waals surface area contributed by atoms with Crippen molar-refractivity contribution in [1.29, 1.82) is 0 Å². The molecule has 2 amide bonds. The van der Waals surface area contributed by atoms with Gasteiger partial charge in [-0.3, -0.25) is 0 Å². The molecule has 0 saturated heterocycles. The maximum Gasteiger partial charge on any atom is 0.315 e. The predicted molar refractivity (Wildman–Crippen MR) is 83.1 cm³/mol. The molecule has 1 saturated carbocycles. The molecular weight excluding hydrogens is 270 g/mol. The van der Waals surface area contributed by atoms with E-state index in [1.54, 1.807) is 11.3 Å². The molecule has 112 valence electrons. The number of amides is 2. The minimum atomic E-state index is -0.0537. The SMILES string of the molecule is Cc1nc(C)c([C@H](C)NC(=O)N[C@H]2CCC[C@@H](C)C2)s1. The fraction of sp³-hybridized carbons (Fsp3) is 0.733. The molecule has 0 aromatic carbocycles. The van der Waals surface area contributed by atoms with E-state index < -0.39 is 0 Å². The minimum Gasteiger partial charge on any atom is -0.335 e. The molecule has 4 nitrogen and oxygen atoms in total. The lowest BCUT2D eigenvalue weighted by atomic mass is 9.87. The molecule has 2 rings (SSSR count). The van der Waals surface area contributed by atoms with E-state index in [2.05, 4.69) is 22.5 Å². The number of thiazole rings is 1. The molecule has 20 heavy (non-hydrogen) atoms. The second kappa shape index (κ2) is 6.57. The molecule has 0 spiro atoms. The third-order valence-electron chi connectivity index (χ3n) is 3.95. The van der Waals surface area contributed by atoms with Gasteiger partial charge in [-0.05, 0) is 39.5 Å². The number of hydrogen-bond donors (Lipinski definition) is 2. The van der Waals surface area contributed by atoms with Crippen LogP contribution in [0.15, 0.2) is 0 Å². The predicted octanol–water partition coefficient (Wildman–Crippen LogP) is 3.70. The van der Waals surface area contributed by atoms with E-state index in [1.807, 2.05) is 20.8 Å². The van der Waals surface area contributed by atoms with Crippen molar-refractivity contribution in [1.82, 2.24) is 15.6 Å². The van der Waals surface area contributed by atoms with Gasteiger partial charge in [-0.2, -0.15) is 0 Å². The van der Waals surface area contributed by atoms with Crippen LogP contribution in [0.1, 0.15) is 61.2 Å². The van der Waals surface area contributed by atoms with Gasteiger partial charge in [-0.25, -0.2) is 9.78 Å². The lowest BCUT2D eigenvalue weighted by molar-refractivity contribution is 0.225. The molecule has 0 radical (unpaired) electrons. The van der Waals surface area contributed by atoms with Crippen LogP contribution >= 0.6 is 11.3 Å². The number of rotatable bonds is 3. The first-order valence-corrected chi connectivity index (χ1v) is 8.28. The summed E-state index contributed by atoms with van der Waals surface area (Å²) in [4.78, 5) is 17.6. The highest BCUT2D eigenvalue weighted by molar-refractivity contribution is 7.11. The Balaban J connectivity index is 1.86. The second-order valence-corrected chi connectivity index (χ2v) is 7.23. The van der Waals surface area contributed by atoms with Gasteiger partial charge in [0.15, 0.2) is 0 Å². The van der Waals surface area contributed by atoms with Gasteiger partial charge < -0.3 is 10.6 Å². The summed E-state index contributed by atoms with van der Waals surface area (Å²) in [5, 5.41) is 7.19. The fourth-order valence-electron chi connectivity index (χ4n) is 3.00. The zero-order chi connectivity index (χ0) is 14.7. The van der Waals surface area contributed by atoms with E-state index in [4.69, 9.17) is 0 Å². The van der Waals surface area contributed by atoms with E-state index in [1.165, 1.54) is 12.8 Å². The van der Waals surface area contributed by atoms with Crippen molar-refractivity contribution in [3.05, 3.63) is 15.6 Å².